The third kappa shape index (κ3) is 3.71. The van der Waals surface area contributed by atoms with E-state index in [-0.39, 0.29) is 0 Å². The molecule has 1 aliphatic heterocycles. The molecule has 1 aliphatic rings. The van der Waals surface area contributed by atoms with Crippen LogP contribution in [0.25, 0.3) is 0 Å². The SMILES string of the molecule is O=C(O)C(c1cc(Br)ccc1Cl)N1CCCCCC1. The van der Waals surface area contributed by atoms with Crippen molar-refractivity contribution in [1.29, 1.82) is 0 Å². The van der Waals surface area contributed by atoms with Gasteiger partial charge in [-0.2, -0.15) is 0 Å². The second-order valence-electron chi connectivity index (χ2n) is 4.86. The summed E-state index contributed by atoms with van der Waals surface area (Å²) >= 11 is 9.57. The lowest BCUT2D eigenvalue weighted by Gasteiger charge is -2.28. The first kappa shape index (κ1) is 14.8. The number of hydrogen-bond donors (Lipinski definition) is 1. The van der Waals surface area contributed by atoms with E-state index < -0.39 is 12.0 Å². The Morgan fingerprint density at radius 1 is 1.26 bits per heavy atom. The fourth-order valence-corrected chi connectivity index (χ4v) is 3.16. The lowest BCUT2D eigenvalue weighted by atomic mass is 10.0. The van der Waals surface area contributed by atoms with E-state index >= 15 is 0 Å². The molecule has 3 nitrogen and oxygen atoms in total. The van der Waals surface area contributed by atoms with Crippen molar-refractivity contribution in [2.45, 2.75) is 31.7 Å². The van der Waals surface area contributed by atoms with Crippen LogP contribution in [0.4, 0.5) is 0 Å². The van der Waals surface area contributed by atoms with E-state index in [1.54, 1.807) is 6.07 Å². The molecule has 0 radical (unpaired) electrons. The molecule has 1 unspecified atom stereocenters. The summed E-state index contributed by atoms with van der Waals surface area (Å²) in [7, 11) is 0. The number of benzene rings is 1. The van der Waals surface area contributed by atoms with E-state index in [2.05, 4.69) is 15.9 Å². The van der Waals surface area contributed by atoms with Crippen LogP contribution in [0.1, 0.15) is 37.3 Å². The topological polar surface area (TPSA) is 40.5 Å². The summed E-state index contributed by atoms with van der Waals surface area (Å²) in [5.74, 6) is -0.832. The van der Waals surface area contributed by atoms with Gasteiger partial charge in [0, 0.05) is 15.1 Å². The summed E-state index contributed by atoms with van der Waals surface area (Å²) in [5, 5.41) is 10.1. The standard InChI is InChI=1S/C14H17BrClNO2/c15-10-5-6-12(16)11(9-10)13(14(18)19)17-7-3-1-2-4-8-17/h5-6,9,13H,1-4,7-8H2,(H,18,19). The first-order chi connectivity index (χ1) is 9.09. The average molecular weight is 347 g/mol. The van der Waals surface area contributed by atoms with Gasteiger partial charge >= 0.3 is 5.97 Å². The van der Waals surface area contributed by atoms with Crippen LogP contribution < -0.4 is 0 Å². The molecular formula is C14H17BrClNO2. The number of hydrogen-bond acceptors (Lipinski definition) is 2. The molecule has 1 aromatic rings. The van der Waals surface area contributed by atoms with Crippen molar-refractivity contribution in [2.24, 2.45) is 0 Å². The Balaban J connectivity index is 2.33. The minimum absolute atomic E-state index is 0.514. The molecule has 0 spiro atoms. The average Bonchev–Trinajstić information content (AvgIpc) is 2.62. The van der Waals surface area contributed by atoms with Crippen molar-refractivity contribution in [1.82, 2.24) is 4.90 Å². The Hall–Kier alpha value is -0.580. The van der Waals surface area contributed by atoms with Crippen molar-refractivity contribution in [3.8, 4) is 0 Å². The lowest BCUT2D eigenvalue weighted by molar-refractivity contribution is -0.143. The first-order valence-electron chi connectivity index (χ1n) is 6.51. The van der Waals surface area contributed by atoms with Gasteiger partial charge in [-0.1, -0.05) is 40.4 Å². The maximum absolute atomic E-state index is 11.7. The molecule has 1 atom stereocenters. The molecule has 1 fully saturated rings. The van der Waals surface area contributed by atoms with Gasteiger partial charge in [-0.25, -0.2) is 0 Å². The molecule has 0 saturated carbocycles. The van der Waals surface area contributed by atoms with Gasteiger partial charge in [0.25, 0.3) is 0 Å². The summed E-state index contributed by atoms with van der Waals surface area (Å²) in [5.41, 5.74) is 0.672. The second kappa shape index (κ2) is 6.73. The van der Waals surface area contributed by atoms with Gasteiger partial charge < -0.3 is 5.11 Å². The zero-order chi connectivity index (χ0) is 13.8. The molecule has 104 valence electrons. The summed E-state index contributed by atoms with van der Waals surface area (Å²) < 4.78 is 0.855. The lowest BCUT2D eigenvalue weighted by Crippen LogP contribution is -2.35. The zero-order valence-corrected chi connectivity index (χ0v) is 13.0. The molecule has 1 saturated heterocycles. The van der Waals surface area contributed by atoms with E-state index in [1.807, 2.05) is 17.0 Å². The van der Waals surface area contributed by atoms with E-state index in [9.17, 15) is 9.90 Å². The number of rotatable bonds is 3. The molecule has 1 aromatic carbocycles. The summed E-state index contributed by atoms with van der Waals surface area (Å²) in [4.78, 5) is 13.7. The highest BCUT2D eigenvalue weighted by Crippen LogP contribution is 2.32. The number of carboxylic acids is 1. The highest BCUT2D eigenvalue weighted by atomic mass is 79.9. The predicted molar refractivity (Wildman–Crippen MR) is 79.6 cm³/mol. The Kier molecular flexibility index (Phi) is 5.25. The molecule has 1 N–H and O–H groups in total. The van der Waals surface area contributed by atoms with Crippen LogP contribution in [0, 0.1) is 0 Å². The van der Waals surface area contributed by atoms with Crippen LogP contribution >= 0.6 is 27.5 Å². The Bertz CT molecular complexity index is 459. The summed E-state index contributed by atoms with van der Waals surface area (Å²) in [6.45, 7) is 1.64. The summed E-state index contributed by atoms with van der Waals surface area (Å²) in [6, 6.07) is 4.73. The molecule has 0 aromatic heterocycles. The van der Waals surface area contributed by atoms with Gasteiger partial charge in [0.2, 0.25) is 0 Å². The minimum atomic E-state index is -0.832. The number of aliphatic carboxylic acids is 1. The fourth-order valence-electron chi connectivity index (χ4n) is 2.56. The maximum atomic E-state index is 11.7. The zero-order valence-electron chi connectivity index (χ0n) is 10.6. The van der Waals surface area contributed by atoms with E-state index in [1.165, 1.54) is 12.8 Å². The van der Waals surface area contributed by atoms with Crippen molar-refractivity contribution in [3.05, 3.63) is 33.3 Å². The van der Waals surface area contributed by atoms with Crippen molar-refractivity contribution in [2.75, 3.05) is 13.1 Å². The molecule has 0 bridgehead atoms. The van der Waals surface area contributed by atoms with Crippen molar-refractivity contribution >= 4 is 33.5 Å². The number of nitrogens with zero attached hydrogens (tertiary/aromatic N) is 1. The number of carbonyl (C=O) groups is 1. The smallest absolute Gasteiger partial charge is 0.325 e. The van der Waals surface area contributed by atoms with Gasteiger partial charge in [-0.15, -0.1) is 0 Å². The maximum Gasteiger partial charge on any atom is 0.325 e. The predicted octanol–water partition coefficient (Wildman–Crippen LogP) is 4.10. The van der Waals surface area contributed by atoms with E-state index in [0.717, 1.165) is 30.4 Å². The Labute approximate surface area is 126 Å². The largest absolute Gasteiger partial charge is 0.480 e. The van der Waals surface area contributed by atoms with Crippen molar-refractivity contribution < 1.29 is 9.90 Å². The molecule has 1 heterocycles. The quantitative estimate of drug-likeness (QED) is 0.895. The fraction of sp³-hybridized carbons (Fsp3) is 0.500. The summed E-state index contributed by atoms with van der Waals surface area (Å²) in [6.07, 6.45) is 4.45. The third-order valence-corrected chi connectivity index (χ3v) is 4.33. The van der Waals surface area contributed by atoms with Crippen LogP contribution in [0.3, 0.4) is 0 Å². The molecule has 5 heteroatoms. The van der Waals surface area contributed by atoms with Crippen LogP contribution in [-0.2, 0) is 4.79 Å². The Morgan fingerprint density at radius 3 is 2.47 bits per heavy atom. The molecule has 0 aliphatic carbocycles. The van der Waals surface area contributed by atoms with Gasteiger partial charge in [-0.05, 0) is 44.1 Å². The number of likely N-dealkylation sites (tertiary alicyclic amines) is 1. The Morgan fingerprint density at radius 2 is 1.89 bits per heavy atom. The van der Waals surface area contributed by atoms with Gasteiger partial charge in [0.1, 0.15) is 6.04 Å². The molecule has 0 amide bonds. The molecule has 2 rings (SSSR count). The second-order valence-corrected chi connectivity index (χ2v) is 6.18. The normalized spacial score (nSPS) is 18.8. The number of halogens is 2. The van der Waals surface area contributed by atoms with Gasteiger partial charge in [0.05, 0.1) is 0 Å². The highest BCUT2D eigenvalue weighted by Gasteiger charge is 2.29. The monoisotopic (exact) mass is 345 g/mol. The van der Waals surface area contributed by atoms with E-state index in [4.69, 9.17) is 11.6 Å². The van der Waals surface area contributed by atoms with Crippen LogP contribution in [-0.4, -0.2) is 29.1 Å². The third-order valence-electron chi connectivity index (χ3n) is 3.49. The van der Waals surface area contributed by atoms with Gasteiger partial charge in [0.15, 0.2) is 0 Å². The van der Waals surface area contributed by atoms with Crippen molar-refractivity contribution in [3.63, 3.8) is 0 Å². The van der Waals surface area contributed by atoms with E-state index in [0.29, 0.717) is 10.6 Å². The van der Waals surface area contributed by atoms with Crippen LogP contribution in [0.2, 0.25) is 5.02 Å². The highest BCUT2D eigenvalue weighted by molar-refractivity contribution is 9.10. The van der Waals surface area contributed by atoms with Crippen LogP contribution in [0.15, 0.2) is 22.7 Å². The minimum Gasteiger partial charge on any atom is -0.480 e. The molecular weight excluding hydrogens is 330 g/mol. The van der Waals surface area contributed by atoms with Gasteiger partial charge in [-0.3, -0.25) is 9.69 Å². The number of carboxylic acid groups (broad SMARTS) is 1. The van der Waals surface area contributed by atoms with Crippen LogP contribution in [0.5, 0.6) is 0 Å². The molecule has 19 heavy (non-hydrogen) atoms. The first-order valence-corrected chi connectivity index (χ1v) is 7.68.